The molecule has 0 aliphatic heterocycles. The normalized spacial score (nSPS) is 31.2. The molecule has 2 nitrogen and oxygen atoms in total. The van der Waals surface area contributed by atoms with Crippen LogP contribution in [0.3, 0.4) is 0 Å². The first-order chi connectivity index (χ1) is 7.22. The molecule has 0 saturated heterocycles. The molecule has 2 atom stereocenters. The van der Waals surface area contributed by atoms with Gasteiger partial charge in [-0.1, -0.05) is 20.4 Å². The Bertz CT molecular complexity index is 171. The van der Waals surface area contributed by atoms with Gasteiger partial charge in [-0.25, -0.2) is 0 Å². The van der Waals surface area contributed by atoms with Gasteiger partial charge in [-0.05, 0) is 44.1 Å². The molecule has 2 heteroatoms. The Morgan fingerprint density at radius 1 is 1.27 bits per heavy atom. The molecule has 0 heterocycles. The summed E-state index contributed by atoms with van der Waals surface area (Å²) in [4.78, 5) is 0. The van der Waals surface area contributed by atoms with Crippen molar-refractivity contribution < 1.29 is 4.74 Å². The highest BCUT2D eigenvalue weighted by atomic mass is 16.5. The van der Waals surface area contributed by atoms with Crippen molar-refractivity contribution in [3.63, 3.8) is 0 Å². The number of ether oxygens (including phenoxy) is 1. The Hall–Kier alpha value is -0.500. The molecule has 88 valence electrons. The van der Waals surface area contributed by atoms with Crippen LogP contribution in [0.2, 0.25) is 0 Å². The van der Waals surface area contributed by atoms with Crippen molar-refractivity contribution in [1.29, 1.82) is 0 Å². The van der Waals surface area contributed by atoms with Crippen molar-refractivity contribution in [3.05, 3.63) is 12.8 Å². The molecule has 1 aliphatic rings. The minimum absolute atomic E-state index is 0.729. The highest BCUT2D eigenvalue weighted by Crippen LogP contribution is 2.28. The van der Waals surface area contributed by atoms with Gasteiger partial charge in [0.05, 0.1) is 12.9 Å². The van der Waals surface area contributed by atoms with Gasteiger partial charge in [0.15, 0.2) is 0 Å². The van der Waals surface area contributed by atoms with Crippen LogP contribution in [0.25, 0.3) is 0 Å². The molecule has 15 heavy (non-hydrogen) atoms. The summed E-state index contributed by atoms with van der Waals surface area (Å²) in [6.07, 6.45) is 6.67. The van der Waals surface area contributed by atoms with Gasteiger partial charge in [0.1, 0.15) is 0 Å². The van der Waals surface area contributed by atoms with E-state index in [2.05, 4.69) is 25.7 Å². The lowest BCUT2D eigenvalue weighted by atomic mass is 9.80. The molecule has 0 aromatic heterocycles. The fraction of sp³-hybridized carbons (Fsp3) is 0.846. The van der Waals surface area contributed by atoms with Crippen molar-refractivity contribution in [1.82, 2.24) is 5.32 Å². The smallest absolute Gasteiger partial charge is 0.0885 e. The van der Waals surface area contributed by atoms with Gasteiger partial charge in [-0.3, -0.25) is 0 Å². The average Bonchev–Trinajstić information content (AvgIpc) is 2.16. The summed E-state index contributed by atoms with van der Waals surface area (Å²) >= 11 is 0. The monoisotopic (exact) mass is 211 g/mol. The molecule has 0 radical (unpaired) electrons. The van der Waals surface area contributed by atoms with E-state index in [0.717, 1.165) is 37.5 Å². The van der Waals surface area contributed by atoms with Gasteiger partial charge >= 0.3 is 0 Å². The third-order valence-corrected chi connectivity index (χ3v) is 3.17. The minimum Gasteiger partial charge on any atom is -0.502 e. The first-order valence-corrected chi connectivity index (χ1v) is 6.18. The summed E-state index contributed by atoms with van der Waals surface area (Å²) < 4.78 is 5.09. The molecular formula is C13H25NO. The van der Waals surface area contributed by atoms with Crippen LogP contribution in [0.5, 0.6) is 0 Å². The van der Waals surface area contributed by atoms with Crippen LogP contribution in [-0.4, -0.2) is 19.2 Å². The van der Waals surface area contributed by atoms with Crippen molar-refractivity contribution in [3.8, 4) is 0 Å². The van der Waals surface area contributed by atoms with E-state index in [1.807, 2.05) is 0 Å². The Kier molecular flexibility index (Phi) is 5.77. The number of rotatable bonds is 6. The van der Waals surface area contributed by atoms with Crippen LogP contribution in [0.4, 0.5) is 0 Å². The Morgan fingerprint density at radius 3 is 2.53 bits per heavy atom. The fourth-order valence-corrected chi connectivity index (χ4v) is 2.66. The van der Waals surface area contributed by atoms with E-state index in [1.165, 1.54) is 25.5 Å². The molecule has 1 saturated carbocycles. The molecule has 0 amide bonds. The Labute approximate surface area is 94.1 Å². The topological polar surface area (TPSA) is 21.3 Å². The Balaban J connectivity index is 2.07. The molecule has 1 N–H and O–H groups in total. The van der Waals surface area contributed by atoms with Crippen LogP contribution >= 0.6 is 0 Å². The number of hydrogen-bond donors (Lipinski definition) is 1. The molecule has 1 fully saturated rings. The number of hydrogen-bond acceptors (Lipinski definition) is 2. The lowest BCUT2D eigenvalue weighted by Gasteiger charge is -2.32. The van der Waals surface area contributed by atoms with Gasteiger partial charge in [0.2, 0.25) is 0 Å². The molecule has 1 rings (SSSR count). The zero-order valence-corrected chi connectivity index (χ0v) is 10.2. The third-order valence-electron chi connectivity index (χ3n) is 3.17. The molecule has 0 aromatic rings. The van der Waals surface area contributed by atoms with Crippen molar-refractivity contribution in [2.24, 2.45) is 11.8 Å². The molecule has 0 bridgehead atoms. The van der Waals surface area contributed by atoms with E-state index < -0.39 is 0 Å². The van der Waals surface area contributed by atoms with Crippen molar-refractivity contribution in [2.75, 3.05) is 13.2 Å². The second kappa shape index (κ2) is 6.89. The second-order valence-corrected chi connectivity index (χ2v) is 4.96. The summed E-state index contributed by atoms with van der Waals surface area (Å²) in [6, 6.07) is 0.729. The van der Waals surface area contributed by atoms with Crippen LogP contribution < -0.4 is 5.32 Å². The molecule has 0 spiro atoms. The summed E-state index contributed by atoms with van der Waals surface area (Å²) in [6.45, 7) is 10.1. The maximum atomic E-state index is 5.09. The first kappa shape index (κ1) is 12.6. The molecular weight excluding hydrogens is 186 g/mol. The van der Waals surface area contributed by atoms with Gasteiger partial charge in [0.25, 0.3) is 0 Å². The lowest BCUT2D eigenvalue weighted by molar-refractivity contribution is 0.220. The molecule has 2 unspecified atom stereocenters. The van der Waals surface area contributed by atoms with E-state index in [0.29, 0.717) is 0 Å². The minimum atomic E-state index is 0.729. The first-order valence-electron chi connectivity index (χ1n) is 6.18. The predicted octanol–water partition coefficient (Wildman–Crippen LogP) is 2.95. The van der Waals surface area contributed by atoms with E-state index in [1.54, 1.807) is 0 Å². The van der Waals surface area contributed by atoms with E-state index >= 15 is 0 Å². The van der Waals surface area contributed by atoms with Gasteiger partial charge < -0.3 is 10.1 Å². The van der Waals surface area contributed by atoms with Crippen LogP contribution in [0.15, 0.2) is 12.8 Å². The largest absolute Gasteiger partial charge is 0.502 e. The summed E-state index contributed by atoms with van der Waals surface area (Å²) in [5.74, 6) is 1.77. The summed E-state index contributed by atoms with van der Waals surface area (Å²) in [5.41, 5.74) is 0. The van der Waals surface area contributed by atoms with Gasteiger partial charge in [-0.2, -0.15) is 0 Å². The standard InChI is InChI=1S/C13H25NO/c1-4-15-7-5-6-14-13-9-11(2)8-12(3)10-13/h4,11-14H,1,5-10H2,2-3H3. The quantitative estimate of drug-likeness (QED) is 0.539. The fourth-order valence-electron chi connectivity index (χ4n) is 2.66. The average molecular weight is 211 g/mol. The summed E-state index contributed by atoms with van der Waals surface area (Å²) in [5, 5.41) is 3.63. The SMILES string of the molecule is C=COCCCNC1CC(C)CC(C)C1. The van der Waals surface area contributed by atoms with Crippen LogP contribution in [0.1, 0.15) is 39.5 Å². The third kappa shape index (κ3) is 5.22. The highest BCUT2D eigenvalue weighted by Gasteiger charge is 2.22. The van der Waals surface area contributed by atoms with Gasteiger partial charge in [-0.15, -0.1) is 0 Å². The number of nitrogens with one attached hydrogen (secondary N) is 1. The van der Waals surface area contributed by atoms with Gasteiger partial charge in [0, 0.05) is 6.04 Å². The predicted molar refractivity (Wildman–Crippen MR) is 64.7 cm³/mol. The Morgan fingerprint density at radius 2 is 1.93 bits per heavy atom. The van der Waals surface area contributed by atoms with E-state index in [9.17, 15) is 0 Å². The molecule has 1 aliphatic carbocycles. The molecule has 0 aromatic carbocycles. The lowest BCUT2D eigenvalue weighted by Crippen LogP contribution is -2.37. The maximum absolute atomic E-state index is 5.09. The maximum Gasteiger partial charge on any atom is 0.0885 e. The zero-order valence-electron chi connectivity index (χ0n) is 10.2. The van der Waals surface area contributed by atoms with Crippen molar-refractivity contribution >= 4 is 0 Å². The second-order valence-electron chi connectivity index (χ2n) is 4.96. The van der Waals surface area contributed by atoms with Crippen LogP contribution in [-0.2, 0) is 4.74 Å². The zero-order chi connectivity index (χ0) is 11.1. The van der Waals surface area contributed by atoms with Crippen molar-refractivity contribution in [2.45, 2.75) is 45.6 Å². The van der Waals surface area contributed by atoms with E-state index in [-0.39, 0.29) is 0 Å². The highest BCUT2D eigenvalue weighted by molar-refractivity contribution is 4.79. The van der Waals surface area contributed by atoms with Crippen LogP contribution in [0, 0.1) is 11.8 Å². The van der Waals surface area contributed by atoms with E-state index in [4.69, 9.17) is 4.74 Å². The summed E-state index contributed by atoms with van der Waals surface area (Å²) in [7, 11) is 0.